The second-order valence-corrected chi connectivity index (χ2v) is 4.06. The molecule has 0 aliphatic heterocycles. The summed E-state index contributed by atoms with van der Waals surface area (Å²) in [6.07, 6.45) is 0. The fourth-order valence-corrected chi connectivity index (χ4v) is 1.86. The van der Waals surface area contributed by atoms with Gasteiger partial charge in [0.25, 0.3) is 0 Å². The summed E-state index contributed by atoms with van der Waals surface area (Å²) in [5.41, 5.74) is 1.63. The molecule has 0 radical (unpaired) electrons. The van der Waals surface area contributed by atoms with Crippen LogP contribution in [0.25, 0.3) is 11.0 Å². The van der Waals surface area contributed by atoms with E-state index in [9.17, 15) is 10.1 Å². The monoisotopic (exact) mass is 270 g/mol. The number of ether oxygens (including phenoxy) is 1. The number of nitriles is 1. The zero-order valence-corrected chi connectivity index (χ0v) is 11.3. The third-order valence-corrected chi connectivity index (χ3v) is 2.78. The highest BCUT2D eigenvalue weighted by molar-refractivity contribution is 5.84. The van der Waals surface area contributed by atoms with E-state index in [-0.39, 0.29) is 0 Å². The Bertz CT molecular complexity index is 678. The minimum absolute atomic E-state index is 0.292. The average Bonchev–Trinajstić information content (AvgIpc) is 2.48. The van der Waals surface area contributed by atoms with Gasteiger partial charge in [0, 0.05) is 6.54 Å². The molecule has 1 unspecified atom stereocenters. The molecular formula is C14H14N4O2. The standard InChI is InChI=1S/C14H14N4O2/c1-3-16-13-12(9(8-15)14(19)20-2)17-10-6-4-5-7-11(10)18-13/h4-7,9H,3H2,1-2H3,(H,16,18). The molecule has 1 heterocycles. The Morgan fingerprint density at radius 1 is 1.40 bits per heavy atom. The van der Waals surface area contributed by atoms with Gasteiger partial charge in [-0.05, 0) is 19.1 Å². The maximum atomic E-state index is 11.7. The minimum atomic E-state index is -1.09. The lowest BCUT2D eigenvalue weighted by Gasteiger charge is -2.13. The minimum Gasteiger partial charge on any atom is -0.468 e. The first-order chi connectivity index (χ1) is 9.71. The van der Waals surface area contributed by atoms with Crippen molar-refractivity contribution in [2.75, 3.05) is 19.0 Å². The van der Waals surface area contributed by atoms with E-state index in [1.165, 1.54) is 7.11 Å². The second kappa shape index (κ2) is 5.97. The number of esters is 1. The molecule has 0 aliphatic rings. The number of carbonyl (C=O) groups is 1. The first-order valence-electron chi connectivity index (χ1n) is 6.19. The third-order valence-electron chi connectivity index (χ3n) is 2.78. The van der Waals surface area contributed by atoms with Gasteiger partial charge in [0.2, 0.25) is 0 Å². The van der Waals surface area contributed by atoms with Crippen molar-refractivity contribution in [3.63, 3.8) is 0 Å². The largest absolute Gasteiger partial charge is 0.468 e. The zero-order valence-electron chi connectivity index (χ0n) is 11.3. The van der Waals surface area contributed by atoms with E-state index in [0.717, 1.165) is 0 Å². The topological polar surface area (TPSA) is 87.9 Å². The number of rotatable bonds is 4. The molecule has 1 aromatic heterocycles. The molecule has 20 heavy (non-hydrogen) atoms. The summed E-state index contributed by atoms with van der Waals surface area (Å²) in [5, 5.41) is 12.2. The molecule has 2 aromatic rings. The molecule has 1 N–H and O–H groups in total. The van der Waals surface area contributed by atoms with Crippen molar-refractivity contribution in [3.05, 3.63) is 30.0 Å². The van der Waals surface area contributed by atoms with Gasteiger partial charge in [-0.2, -0.15) is 5.26 Å². The SMILES string of the molecule is CCNc1nc2ccccc2nc1C(C#N)C(=O)OC. The summed E-state index contributed by atoms with van der Waals surface area (Å²) in [5.74, 6) is -1.30. The third kappa shape index (κ3) is 2.52. The van der Waals surface area contributed by atoms with Crippen LogP contribution in [0.5, 0.6) is 0 Å². The quantitative estimate of drug-likeness (QED) is 0.853. The van der Waals surface area contributed by atoms with E-state index in [0.29, 0.717) is 29.1 Å². The number of anilines is 1. The van der Waals surface area contributed by atoms with Crippen LogP contribution in [0, 0.1) is 11.3 Å². The number of hydrogen-bond donors (Lipinski definition) is 1. The van der Waals surface area contributed by atoms with Crippen molar-refractivity contribution in [1.82, 2.24) is 9.97 Å². The highest BCUT2D eigenvalue weighted by Crippen LogP contribution is 2.24. The van der Waals surface area contributed by atoms with Crippen LogP contribution in [-0.4, -0.2) is 29.6 Å². The lowest BCUT2D eigenvalue weighted by Crippen LogP contribution is -2.17. The number of fused-ring (bicyclic) bond motifs is 1. The highest BCUT2D eigenvalue weighted by Gasteiger charge is 2.26. The van der Waals surface area contributed by atoms with Crippen LogP contribution in [0.4, 0.5) is 5.82 Å². The number of nitrogens with zero attached hydrogens (tertiary/aromatic N) is 3. The van der Waals surface area contributed by atoms with E-state index in [4.69, 9.17) is 0 Å². The molecule has 0 spiro atoms. The zero-order chi connectivity index (χ0) is 14.5. The van der Waals surface area contributed by atoms with Gasteiger partial charge in [0.15, 0.2) is 11.7 Å². The second-order valence-electron chi connectivity index (χ2n) is 4.06. The summed E-state index contributed by atoms with van der Waals surface area (Å²) in [4.78, 5) is 20.5. The van der Waals surface area contributed by atoms with E-state index >= 15 is 0 Å². The summed E-state index contributed by atoms with van der Waals surface area (Å²) < 4.78 is 4.65. The smallest absolute Gasteiger partial charge is 0.329 e. The highest BCUT2D eigenvalue weighted by atomic mass is 16.5. The number of para-hydroxylation sites is 2. The molecule has 0 fully saturated rings. The molecule has 0 amide bonds. The fourth-order valence-electron chi connectivity index (χ4n) is 1.86. The van der Waals surface area contributed by atoms with Gasteiger partial charge in [-0.3, -0.25) is 4.79 Å². The predicted molar refractivity (Wildman–Crippen MR) is 74.1 cm³/mol. The lowest BCUT2D eigenvalue weighted by molar-refractivity contribution is -0.141. The van der Waals surface area contributed by atoms with Crippen LogP contribution in [0.1, 0.15) is 18.5 Å². The van der Waals surface area contributed by atoms with Crippen LogP contribution in [0.2, 0.25) is 0 Å². The van der Waals surface area contributed by atoms with Gasteiger partial charge in [-0.1, -0.05) is 12.1 Å². The Morgan fingerprint density at radius 2 is 2.05 bits per heavy atom. The predicted octanol–water partition coefficient (Wildman–Crippen LogP) is 1.84. The Kier molecular flexibility index (Phi) is 4.11. The summed E-state index contributed by atoms with van der Waals surface area (Å²) in [6.45, 7) is 2.51. The molecule has 102 valence electrons. The number of benzene rings is 1. The van der Waals surface area contributed by atoms with Crippen LogP contribution >= 0.6 is 0 Å². The van der Waals surface area contributed by atoms with Gasteiger partial charge in [0.05, 0.1) is 24.2 Å². The normalized spacial score (nSPS) is 11.7. The van der Waals surface area contributed by atoms with E-state index < -0.39 is 11.9 Å². The van der Waals surface area contributed by atoms with Crippen molar-refractivity contribution in [1.29, 1.82) is 5.26 Å². The Balaban J connectivity index is 2.62. The van der Waals surface area contributed by atoms with Crippen molar-refractivity contribution < 1.29 is 9.53 Å². The Labute approximate surface area is 116 Å². The van der Waals surface area contributed by atoms with E-state index in [1.807, 2.05) is 31.2 Å². The first kappa shape index (κ1) is 13.7. The van der Waals surface area contributed by atoms with Crippen LogP contribution in [-0.2, 0) is 9.53 Å². The molecule has 6 nitrogen and oxygen atoms in total. The van der Waals surface area contributed by atoms with Gasteiger partial charge in [-0.15, -0.1) is 0 Å². The molecular weight excluding hydrogens is 256 g/mol. The van der Waals surface area contributed by atoms with Gasteiger partial charge in [0.1, 0.15) is 5.69 Å². The first-order valence-corrected chi connectivity index (χ1v) is 6.19. The summed E-state index contributed by atoms with van der Waals surface area (Å²) in [7, 11) is 1.24. The lowest BCUT2D eigenvalue weighted by atomic mass is 10.1. The number of aromatic nitrogens is 2. The summed E-state index contributed by atoms with van der Waals surface area (Å²) >= 11 is 0. The van der Waals surface area contributed by atoms with E-state index in [1.54, 1.807) is 6.07 Å². The molecule has 1 atom stereocenters. The molecule has 0 saturated heterocycles. The molecule has 0 bridgehead atoms. The molecule has 6 heteroatoms. The summed E-state index contributed by atoms with van der Waals surface area (Å²) in [6, 6.07) is 9.21. The molecule has 1 aromatic carbocycles. The van der Waals surface area contributed by atoms with Gasteiger partial charge in [-0.25, -0.2) is 9.97 Å². The molecule has 2 rings (SSSR count). The number of hydrogen-bond acceptors (Lipinski definition) is 6. The molecule has 0 saturated carbocycles. The van der Waals surface area contributed by atoms with Crippen LogP contribution in [0.3, 0.4) is 0 Å². The Hall–Kier alpha value is -2.68. The fraction of sp³-hybridized carbons (Fsp3) is 0.286. The van der Waals surface area contributed by atoms with Gasteiger partial charge >= 0.3 is 5.97 Å². The average molecular weight is 270 g/mol. The van der Waals surface area contributed by atoms with Crippen LogP contribution < -0.4 is 5.32 Å². The number of carbonyl (C=O) groups excluding carboxylic acids is 1. The molecule has 0 aliphatic carbocycles. The van der Waals surface area contributed by atoms with Crippen molar-refractivity contribution >= 4 is 22.8 Å². The number of nitrogens with one attached hydrogen (secondary N) is 1. The van der Waals surface area contributed by atoms with Crippen LogP contribution in [0.15, 0.2) is 24.3 Å². The van der Waals surface area contributed by atoms with Crippen molar-refractivity contribution in [2.24, 2.45) is 0 Å². The van der Waals surface area contributed by atoms with Crippen molar-refractivity contribution in [3.8, 4) is 6.07 Å². The maximum absolute atomic E-state index is 11.7. The van der Waals surface area contributed by atoms with Gasteiger partial charge < -0.3 is 10.1 Å². The van der Waals surface area contributed by atoms with E-state index in [2.05, 4.69) is 20.0 Å². The number of methoxy groups -OCH3 is 1. The van der Waals surface area contributed by atoms with Crippen molar-refractivity contribution in [2.45, 2.75) is 12.8 Å². The Morgan fingerprint density at radius 3 is 2.60 bits per heavy atom. The maximum Gasteiger partial charge on any atom is 0.329 e.